The van der Waals surface area contributed by atoms with E-state index in [0.717, 1.165) is 13.1 Å². The van der Waals surface area contributed by atoms with Crippen LogP contribution in [0.25, 0.3) is 0 Å². The summed E-state index contributed by atoms with van der Waals surface area (Å²) in [4.78, 5) is 33.4. The van der Waals surface area contributed by atoms with Gasteiger partial charge < -0.3 is 21.5 Å². The van der Waals surface area contributed by atoms with E-state index in [1.807, 2.05) is 0 Å². The van der Waals surface area contributed by atoms with Crippen LogP contribution in [-0.2, 0) is 14.4 Å². The molecule has 0 aromatic carbocycles. The zero-order valence-corrected chi connectivity index (χ0v) is 10.1. The standard InChI is InChI=1S/C11H19N3O4/c12-9(15)2-1-8(11(17)18)14-10(16)7-3-5-13-6-4-7/h7-8,13H,1-6H2,(H2,12,15)(H,14,16)(H,17,18). The van der Waals surface area contributed by atoms with Gasteiger partial charge in [-0.1, -0.05) is 0 Å². The molecule has 0 aliphatic carbocycles. The monoisotopic (exact) mass is 257 g/mol. The molecule has 102 valence electrons. The summed E-state index contributed by atoms with van der Waals surface area (Å²) in [6, 6.07) is -1.04. The molecule has 2 amide bonds. The lowest BCUT2D eigenvalue weighted by Gasteiger charge is -2.23. The second-order valence-corrected chi connectivity index (χ2v) is 4.43. The van der Waals surface area contributed by atoms with Crippen molar-refractivity contribution in [1.29, 1.82) is 0 Å². The summed E-state index contributed by atoms with van der Waals surface area (Å²) in [6.07, 6.45) is 1.38. The molecule has 1 fully saturated rings. The van der Waals surface area contributed by atoms with Crippen LogP contribution in [0.1, 0.15) is 25.7 Å². The van der Waals surface area contributed by atoms with Crippen LogP contribution < -0.4 is 16.4 Å². The van der Waals surface area contributed by atoms with E-state index in [1.165, 1.54) is 0 Å². The highest BCUT2D eigenvalue weighted by molar-refractivity contribution is 5.85. The number of amides is 2. The summed E-state index contributed by atoms with van der Waals surface area (Å²) >= 11 is 0. The van der Waals surface area contributed by atoms with E-state index in [4.69, 9.17) is 10.8 Å². The van der Waals surface area contributed by atoms with Gasteiger partial charge in [0.25, 0.3) is 0 Å². The summed E-state index contributed by atoms with van der Waals surface area (Å²) in [7, 11) is 0. The van der Waals surface area contributed by atoms with E-state index < -0.39 is 17.9 Å². The fourth-order valence-electron chi connectivity index (χ4n) is 1.92. The van der Waals surface area contributed by atoms with Crippen LogP contribution in [0.4, 0.5) is 0 Å². The first-order valence-electron chi connectivity index (χ1n) is 6.03. The van der Waals surface area contributed by atoms with E-state index in [2.05, 4.69) is 10.6 Å². The Morgan fingerprint density at radius 2 is 1.94 bits per heavy atom. The fourth-order valence-corrected chi connectivity index (χ4v) is 1.92. The predicted molar refractivity (Wildman–Crippen MR) is 63.6 cm³/mol. The van der Waals surface area contributed by atoms with Crippen molar-refractivity contribution in [3.63, 3.8) is 0 Å². The Labute approximate surface area is 105 Å². The van der Waals surface area contributed by atoms with Crippen LogP contribution >= 0.6 is 0 Å². The van der Waals surface area contributed by atoms with Crippen LogP contribution in [0, 0.1) is 5.92 Å². The minimum atomic E-state index is -1.14. The molecule has 7 nitrogen and oxygen atoms in total. The van der Waals surface area contributed by atoms with Gasteiger partial charge in [0.05, 0.1) is 0 Å². The van der Waals surface area contributed by atoms with Crippen LogP contribution in [-0.4, -0.2) is 42.0 Å². The maximum absolute atomic E-state index is 11.8. The van der Waals surface area contributed by atoms with E-state index in [-0.39, 0.29) is 24.7 Å². The molecule has 0 aromatic heterocycles. The van der Waals surface area contributed by atoms with Crippen molar-refractivity contribution in [3.05, 3.63) is 0 Å². The molecule has 7 heteroatoms. The van der Waals surface area contributed by atoms with Gasteiger partial charge >= 0.3 is 5.97 Å². The fraction of sp³-hybridized carbons (Fsp3) is 0.727. The molecule has 0 radical (unpaired) electrons. The van der Waals surface area contributed by atoms with Crippen molar-refractivity contribution < 1.29 is 19.5 Å². The maximum Gasteiger partial charge on any atom is 0.326 e. The lowest BCUT2D eigenvalue weighted by molar-refractivity contribution is -0.143. The Balaban J connectivity index is 2.46. The number of primary amides is 1. The van der Waals surface area contributed by atoms with Crippen molar-refractivity contribution in [1.82, 2.24) is 10.6 Å². The third kappa shape index (κ3) is 4.70. The lowest BCUT2D eigenvalue weighted by atomic mass is 9.96. The van der Waals surface area contributed by atoms with Gasteiger partial charge in [0.15, 0.2) is 0 Å². The Bertz CT molecular complexity index is 326. The van der Waals surface area contributed by atoms with Crippen molar-refractivity contribution in [2.75, 3.05) is 13.1 Å². The third-order valence-corrected chi connectivity index (χ3v) is 3.00. The number of piperidine rings is 1. The first kappa shape index (κ1) is 14.4. The van der Waals surface area contributed by atoms with Crippen LogP contribution in [0.15, 0.2) is 0 Å². The molecule has 1 atom stereocenters. The van der Waals surface area contributed by atoms with Crippen molar-refractivity contribution in [2.45, 2.75) is 31.7 Å². The van der Waals surface area contributed by atoms with Crippen molar-refractivity contribution in [3.8, 4) is 0 Å². The number of rotatable bonds is 6. The number of aliphatic carboxylic acids is 1. The quantitative estimate of drug-likeness (QED) is 0.477. The Morgan fingerprint density at radius 3 is 2.44 bits per heavy atom. The van der Waals surface area contributed by atoms with Crippen LogP contribution in [0.2, 0.25) is 0 Å². The van der Waals surface area contributed by atoms with Gasteiger partial charge in [-0.3, -0.25) is 9.59 Å². The molecule has 0 bridgehead atoms. The van der Waals surface area contributed by atoms with Gasteiger partial charge in [-0.15, -0.1) is 0 Å². The predicted octanol–water partition coefficient (Wildman–Crippen LogP) is -1.18. The van der Waals surface area contributed by atoms with Crippen molar-refractivity contribution in [2.24, 2.45) is 11.7 Å². The second-order valence-electron chi connectivity index (χ2n) is 4.43. The first-order valence-corrected chi connectivity index (χ1v) is 6.03. The number of carboxylic acid groups (broad SMARTS) is 1. The van der Waals surface area contributed by atoms with E-state index >= 15 is 0 Å². The summed E-state index contributed by atoms with van der Waals surface area (Å²) in [5.41, 5.74) is 4.96. The lowest BCUT2D eigenvalue weighted by Crippen LogP contribution is -2.46. The summed E-state index contributed by atoms with van der Waals surface area (Å²) in [6.45, 7) is 1.52. The second kappa shape index (κ2) is 6.95. The molecule has 1 aliphatic heterocycles. The largest absolute Gasteiger partial charge is 0.480 e. The third-order valence-electron chi connectivity index (χ3n) is 3.00. The Hall–Kier alpha value is -1.63. The van der Waals surface area contributed by atoms with Gasteiger partial charge in [-0.25, -0.2) is 4.79 Å². The van der Waals surface area contributed by atoms with Crippen molar-refractivity contribution >= 4 is 17.8 Å². The molecule has 1 heterocycles. The topological polar surface area (TPSA) is 122 Å². The maximum atomic E-state index is 11.8. The number of hydrogen-bond acceptors (Lipinski definition) is 4. The molecular weight excluding hydrogens is 238 g/mol. The Kier molecular flexibility index (Phi) is 5.57. The highest BCUT2D eigenvalue weighted by atomic mass is 16.4. The van der Waals surface area contributed by atoms with Gasteiger partial charge in [0, 0.05) is 12.3 Å². The van der Waals surface area contributed by atoms with E-state index in [9.17, 15) is 14.4 Å². The number of hydrogen-bond donors (Lipinski definition) is 4. The molecule has 1 rings (SSSR count). The average Bonchev–Trinajstić information content (AvgIpc) is 2.34. The minimum absolute atomic E-state index is 0.0291. The van der Waals surface area contributed by atoms with Gasteiger partial charge in [0.1, 0.15) is 6.04 Å². The Morgan fingerprint density at radius 1 is 1.33 bits per heavy atom. The highest BCUT2D eigenvalue weighted by Crippen LogP contribution is 2.12. The number of nitrogens with one attached hydrogen (secondary N) is 2. The highest BCUT2D eigenvalue weighted by Gasteiger charge is 2.26. The molecule has 1 unspecified atom stereocenters. The normalized spacial score (nSPS) is 18.0. The van der Waals surface area contributed by atoms with Gasteiger partial charge in [0.2, 0.25) is 11.8 Å². The molecular formula is C11H19N3O4. The van der Waals surface area contributed by atoms with E-state index in [0.29, 0.717) is 12.8 Å². The summed E-state index contributed by atoms with van der Waals surface area (Å²) < 4.78 is 0. The summed E-state index contributed by atoms with van der Waals surface area (Å²) in [5, 5.41) is 14.5. The molecule has 18 heavy (non-hydrogen) atoms. The molecule has 5 N–H and O–H groups in total. The van der Waals surface area contributed by atoms with Crippen LogP contribution in [0.5, 0.6) is 0 Å². The minimum Gasteiger partial charge on any atom is -0.480 e. The molecule has 1 aliphatic rings. The summed E-state index contributed by atoms with van der Waals surface area (Å²) in [5.74, 6) is -2.12. The molecule has 0 saturated carbocycles. The number of carbonyl (C=O) groups is 3. The van der Waals surface area contributed by atoms with Gasteiger partial charge in [-0.2, -0.15) is 0 Å². The number of nitrogens with two attached hydrogens (primary N) is 1. The average molecular weight is 257 g/mol. The zero-order chi connectivity index (χ0) is 13.5. The smallest absolute Gasteiger partial charge is 0.326 e. The number of carboxylic acids is 1. The molecule has 0 aromatic rings. The van der Waals surface area contributed by atoms with Gasteiger partial charge in [-0.05, 0) is 32.4 Å². The molecule has 0 spiro atoms. The molecule has 1 saturated heterocycles. The van der Waals surface area contributed by atoms with E-state index in [1.54, 1.807) is 0 Å². The van der Waals surface area contributed by atoms with Crippen LogP contribution in [0.3, 0.4) is 0 Å². The number of carbonyl (C=O) groups excluding carboxylic acids is 2. The SMILES string of the molecule is NC(=O)CCC(NC(=O)C1CCNCC1)C(=O)O. The zero-order valence-electron chi connectivity index (χ0n) is 10.1. The first-order chi connectivity index (χ1) is 8.50.